The number of benzene rings is 1. The van der Waals surface area contributed by atoms with Crippen LogP contribution >= 0.6 is 11.3 Å². The third-order valence-corrected chi connectivity index (χ3v) is 6.11. The minimum Gasteiger partial charge on any atom is -0.377 e. The van der Waals surface area contributed by atoms with Crippen LogP contribution in [-0.4, -0.2) is 33.0 Å². The van der Waals surface area contributed by atoms with E-state index in [2.05, 4.69) is 24.9 Å². The van der Waals surface area contributed by atoms with Crippen molar-refractivity contribution in [2.75, 3.05) is 13.7 Å². The lowest BCUT2D eigenvalue weighted by Gasteiger charge is -2.10. The van der Waals surface area contributed by atoms with Crippen LogP contribution in [-0.2, 0) is 22.8 Å². The molecule has 1 unspecified atom stereocenters. The van der Waals surface area contributed by atoms with Crippen LogP contribution in [0.1, 0.15) is 43.0 Å². The second kappa shape index (κ2) is 9.55. The summed E-state index contributed by atoms with van der Waals surface area (Å²) in [7, 11) is 1.59. The van der Waals surface area contributed by atoms with Gasteiger partial charge in [-0.05, 0) is 41.8 Å². The van der Waals surface area contributed by atoms with Gasteiger partial charge in [-0.1, -0.05) is 37.3 Å². The predicted molar refractivity (Wildman–Crippen MR) is 122 cm³/mol. The highest BCUT2D eigenvalue weighted by molar-refractivity contribution is 7.16. The fraction of sp³-hybridized carbons (Fsp3) is 0.348. The summed E-state index contributed by atoms with van der Waals surface area (Å²) in [6.45, 7) is 5.79. The smallest absolute Gasteiger partial charge is 0.310 e. The number of aromatic nitrogens is 4. The minimum absolute atomic E-state index is 0.0134. The fourth-order valence-electron chi connectivity index (χ4n) is 3.44. The zero-order chi connectivity index (χ0) is 21.8. The average Bonchev–Trinajstić information content (AvgIpc) is 3.39. The maximum atomic E-state index is 12.2. The normalized spacial score (nSPS) is 12.5. The molecule has 0 radical (unpaired) electrons. The van der Waals surface area contributed by atoms with E-state index in [0.29, 0.717) is 6.61 Å². The molecule has 31 heavy (non-hydrogen) atoms. The number of ether oxygens (including phenoxy) is 2. The van der Waals surface area contributed by atoms with E-state index >= 15 is 0 Å². The largest absolute Gasteiger partial charge is 0.377 e. The van der Waals surface area contributed by atoms with Crippen molar-refractivity contribution in [3.05, 3.63) is 75.3 Å². The monoisotopic (exact) mass is 438 g/mol. The first-order chi connectivity index (χ1) is 15.1. The van der Waals surface area contributed by atoms with Crippen LogP contribution in [0.3, 0.4) is 0 Å². The van der Waals surface area contributed by atoms with Crippen molar-refractivity contribution in [1.82, 2.24) is 19.3 Å². The van der Waals surface area contributed by atoms with Gasteiger partial charge < -0.3 is 9.47 Å². The second-order valence-electron chi connectivity index (χ2n) is 7.43. The molecule has 1 atom stereocenters. The maximum Gasteiger partial charge on any atom is 0.310 e. The lowest BCUT2D eigenvalue weighted by molar-refractivity contribution is 0.121. The van der Waals surface area contributed by atoms with Crippen LogP contribution in [0.5, 0.6) is 0 Å². The summed E-state index contributed by atoms with van der Waals surface area (Å²) < 4.78 is 15.1. The Morgan fingerprint density at radius 2 is 2.06 bits per heavy atom. The third-order valence-electron chi connectivity index (χ3n) is 5.16. The van der Waals surface area contributed by atoms with Crippen LogP contribution in [0.15, 0.2) is 53.6 Å². The minimum atomic E-state index is -0.0134. The van der Waals surface area contributed by atoms with Crippen molar-refractivity contribution in [1.29, 1.82) is 0 Å². The molecular weight excluding hydrogens is 412 g/mol. The molecule has 0 N–H and O–H groups in total. The molecule has 3 aromatic heterocycles. The number of nitrogens with zero attached hydrogens (tertiary/aromatic N) is 4. The van der Waals surface area contributed by atoms with Gasteiger partial charge in [0.1, 0.15) is 6.73 Å². The highest BCUT2D eigenvalue weighted by Gasteiger charge is 2.15. The predicted octanol–water partition coefficient (Wildman–Crippen LogP) is 4.33. The molecule has 0 aliphatic heterocycles. The van der Waals surface area contributed by atoms with Crippen LogP contribution in [0.2, 0.25) is 0 Å². The summed E-state index contributed by atoms with van der Waals surface area (Å²) in [6, 6.07) is 12.1. The standard InChI is InChI=1S/C23H26N4O3S/c1-4-11-30-14-17-5-8-22(24-13-17)27-10-9-19(25-27)16(2)18-6-7-20-21(12-18)31-23(28)26(20)15-29-3/h5-10,12-13,16H,4,11,14-15H2,1-3H3. The molecule has 0 saturated carbocycles. The fourth-order valence-corrected chi connectivity index (χ4v) is 4.37. The van der Waals surface area contributed by atoms with Crippen LogP contribution in [0.4, 0.5) is 0 Å². The Hall–Kier alpha value is -2.81. The Morgan fingerprint density at radius 3 is 2.81 bits per heavy atom. The van der Waals surface area contributed by atoms with Crippen molar-refractivity contribution in [3.63, 3.8) is 0 Å². The van der Waals surface area contributed by atoms with E-state index in [4.69, 9.17) is 14.6 Å². The summed E-state index contributed by atoms with van der Waals surface area (Å²) >= 11 is 1.24. The van der Waals surface area contributed by atoms with Crippen molar-refractivity contribution in [3.8, 4) is 5.82 Å². The zero-order valence-corrected chi connectivity index (χ0v) is 18.8. The molecule has 0 amide bonds. The average molecular weight is 439 g/mol. The molecule has 0 saturated heterocycles. The number of rotatable bonds is 9. The summed E-state index contributed by atoms with van der Waals surface area (Å²) in [5.74, 6) is 0.850. The van der Waals surface area contributed by atoms with E-state index < -0.39 is 0 Å². The number of fused-ring (bicyclic) bond motifs is 1. The summed E-state index contributed by atoms with van der Waals surface area (Å²) in [6.07, 6.45) is 4.76. The zero-order valence-electron chi connectivity index (χ0n) is 17.9. The van der Waals surface area contributed by atoms with Gasteiger partial charge in [0.2, 0.25) is 0 Å². The molecule has 0 fully saturated rings. The van der Waals surface area contributed by atoms with Crippen LogP contribution in [0, 0.1) is 0 Å². The molecule has 1 aromatic carbocycles. The van der Waals surface area contributed by atoms with E-state index in [1.165, 1.54) is 11.3 Å². The van der Waals surface area contributed by atoms with E-state index in [1.54, 1.807) is 16.4 Å². The molecule has 4 rings (SSSR count). The third kappa shape index (κ3) is 4.61. The quantitative estimate of drug-likeness (QED) is 0.364. The molecular formula is C23H26N4O3S. The van der Waals surface area contributed by atoms with Gasteiger partial charge in [0.25, 0.3) is 0 Å². The van der Waals surface area contributed by atoms with Crippen molar-refractivity contribution >= 4 is 21.6 Å². The van der Waals surface area contributed by atoms with Crippen molar-refractivity contribution in [2.45, 2.75) is 39.5 Å². The maximum absolute atomic E-state index is 12.2. The molecule has 162 valence electrons. The molecule has 0 bridgehead atoms. The molecule has 3 heterocycles. The molecule has 4 aromatic rings. The summed E-state index contributed by atoms with van der Waals surface area (Å²) in [5, 5.41) is 4.73. The second-order valence-corrected chi connectivity index (χ2v) is 8.42. The van der Waals surface area contributed by atoms with Gasteiger partial charge in [0, 0.05) is 32.0 Å². The first-order valence-corrected chi connectivity index (χ1v) is 11.1. The van der Waals surface area contributed by atoms with Crippen LogP contribution < -0.4 is 4.87 Å². The topological polar surface area (TPSA) is 71.2 Å². The van der Waals surface area contributed by atoms with Gasteiger partial charge in [-0.15, -0.1) is 0 Å². The molecule has 0 spiro atoms. The van der Waals surface area contributed by atoms with Crippen molar-refractivity contribution in [2.24, 2.45) is 0 Å². The van der Waals surface area contributed by atoms with E-state index in [1.807, 2.05) is 42.7 Å². The number of hydrogen-bond acceptors (Lipinski definition) is 6. The van der Waals surface area contributed by atoms with E-state index in [9.17, 15) is 4.79 Å². The van der Waals surface area contributed by atoms with Gasteiger partial charge in [0.05, 0.1) is 22.5 Å². The Morgan fingerprint density at radius 1 is 1.19 bits per heavy atom. The Bertz CT molecular complexity index is 1210. The first kappa shape index (κ1) is 21.4. The number of methoxy groups -OCH3 is 1. The Kier molecular flexibility index (Phi) is 6.60. The molecule has 8 heteroatoms. The highest BCUT2D eigenvalue weighted by atomic mass is 32.1. The van der Waals surface area contributed by atoms with Gasteiger partial charge >= 0.3 is 4.87 Å². The number of hydrogen-bond donors (Lipinski definition) is 0. The van der Waals surface area contributed by atoms with Gasteiger partial charge in [-0.25, -0.2) is 9.67 Å². The van der Waals surface area contributed by atoms with E-state index in [0.717, 1.165) is 45.9 Å². The number of pyridine rings is 1. The molecule has 7 nitrogen and oxygen atoms in total. The van der Waals surface area contributed by atoms with Crippen LogP contribution in [0.25, 0.3) is 16.0 Å². The first-order valence-electron chi connectivity index (χ1n) is 10.3. The lowest BCUT2D eigenvalue weighted by atomic mass is 9.98. The SMILES string of the molecule is CCCOCc1ccc(-n2ccc(C(C)c3ccc4c(c3)sc(=O)n4COC)n2)nc1. The highest BCUT2D eigenvalue weighted by Crippen LogP contribution is 2.27. The lowest BCUT2D eigenvalue weighted by Crippen LogP contribution is -2.13. The summed E-state index contributed by atoms with van der Waals surface area (Å²) in [5.41, 5.74) is 4.00. The van der Waals surface area contributed by atoms with E-state index in [-0.39, 0.29) is 17.5 Å². The Balaban J connectivity index is 1.52. The molecule has 0 aliphatic carbocycles. The van der Waals surface area contributed by atoms with Gasteiger partial charge in [-0.3, -0.25) is 9.36 Å². The molecule has 0 aliphatic rings. The van der Waals surface area contributed by atoms with Gasteiger partial charge in [0.15, 0.2) is 5.82 Å². The summed E-state index contributed by atoms with van der Waals surface area (Å²) in [4.78, 5) is 16.7. The van der Waals surface area contributed by atoms with Crippen molar-refractivity contribution < 1.29 is 9.47 Å². The number of thiazole rings is 1. The van der Waals surface area contributed by atoms with Gasteiger partial charge in [-0.2, -0.15) is 5.10 Å². The Labute approximate surface area is 184 Å².